The molecule has 0 aliphatic heterocycles. The molecular formula is C27H34N6O8S3. The highest BCUT2D eigenvalue weighted by Gasteiger charge is 2.30. The Labute approximate surface area is 262 Å². The predicted molar refractivity (Wildman–Crippen MR) is 166 cm³/mol. The van der Waals surface area contributed by atoms with Crippen molar-refractivity contribution in [2.75, 3.05) is 4.72 Å². The number of carbonyl (C=O) groups is 4. The maximum Gasteiger partial charge on any atom is 0.437 e. The molecule has 0 spiro atoms. The summed E-state index contributed by atoms with van der Waals surface area (Å²) >= 11 is 1.87. The fourth-order valence-electron chi connectivity index (χ4n) is 3.73. The van der Waals surface area contributed by atoms with Gasteiger partial charge in [0.1, 0.15) is 27.1 Å². The molecule has 3 rings (SSSR count). The van der Waals surface area contributed by atoms with Crippen LogP contribution in [-0.4, -0.2) is 58.1 Å². The second kappa shape index (κ2) is 13.8. The van der Waals surface area contributed by atoms with Crippen LogP contribution in [0, 0.1) is 5.92 Å². The van der Waals surface area contributed by atoms with Gasteiger partial charge in [-0.1, -0.05) is 6.07 Å². The molecule has 1 atom stereocenters. The van der Waals surface area contributed by atoms with E-state index >= 15 is 0 Å². The number of carbonyl (C=O) groups excluding carboxylic acids is 4. The largest absolute Gasteiger partial charge is 0.460 e. The monoisotopic (exact) mass is 666 g/mol. The van der Waals surface area contributed by atoms with Crippen LogP contribution in [0.15, 0.2) is 39.5 Å². The molecule has 0 aliphatic rings. The second-order valence-corrected chi connectivity index (χ2v) is 14.7. The van der Waals surface area contributed by atoms with Crippen LogP contribution < -0.4 is 15.8 Å². The first-order valence-corrected chi connectivity index (χ1v) is 16.4. The van der Waals surface area contributed by atoms with Gasteiger partial charge in [-0.2, -0.15) is 8.75 Å². The number of Topliss-reactive ketones (excluding diaryl/α,β-unsaturated/α-hetero) is 1. The fourth-order valence-corrected chi connectivity index (χ4v) is 6.44. The molecule has 0 saturated heterocycles. The molecule has 1 aromatic carbocycles. The SMILES string of the molecule is CC(C)(C)OC(=O)/N=C(\N)NC(=O)CC[C@H](CC(=O)c1sccc1NS(=O)(=O)c1cccc2nsnc12)C(=O)OC(C)(C)C. The van der Waals surface area contributed by atoms with E-state index in [4.69, 9.17) is 15.2 Å². The van der Waals surface area contributed by atoms with Gasteiger partial charge in [-0.15, -0.1) is 16.3 Å². The van der Waals surface area contributed by atoms with Crippen molar-refractivity contribution < 1.29 is 37.1 Å². The van der Waals surface area contributed by atoms with Crippen molar-refractivity contribution in [2.24, 2.45) is 16.6 Å². The van der Waals surface area contributed by atoms with Crippen molar-refractivity contribution in [1.29, 1.82) is 0 Å². The number of aromatic nitrogens is 2. The first kappa shape index (κ1) is 34.5. The summed E-state index contributed by atoms with van der Waals surface area (Å²) in [6.45, 7) is 9.91. The number of guanidine groups is 1. The lowest BCUT2D eigenvalue weighted by molar-refractivity contribution is -0.160. The van der Waals surface area contributed by atoms with Crippen molar-refractivity contribution >= 4 is 79.5 Å². The second-order valence-electron chi connectivity index (χ2n) is 11.6. The number of nitrogens with two attached hydrogens (primary N) is 1. The average Bonchev–Trinajstić information content (AvgIpc) is 3.52. The number of hydrogen-bond donors (Lipinski definition) is 3. The number of benzene rings is 1. The number of amides is 2. The van der Waals surface area contributed by atoms with E-state index in [2.05, 4.69) is 23.8 Å². The lowest BCUT2D eigenvalue weighted by atomic mass is 9.95. The van der Waals surface area contributed by atoms with Crippen LogP contribution in [0.3, 0.4) is 0 Å². The van der Waals surface area contributed by atoms with Crippen molar-refractivity contribution in [3.05, 3.63) is 34.5 Å². The Balaban J connectivity index is 1.74. The van der Waals surface area contributed by atoms with Gasteiger partial charge in [-0.3, -0.25) is 24.4 Å². The Morgan fingerprint density at radius 2 is 1.70 bits per heavy atom. The molecule has 2 heterocycles. The van der Waals surface area contributed by atoms with Crippen LogP contribution in [0.5, 0.6) is 0 Å². The van der Waals surface area contributed by atoms with Gasteiger partial charge in [0.15, 0.2) is 5.78 Å². The molecule has 17 heteroatoms. The highest BCUT2D eigenvalue weighted by atomic mass is 32.2. The Bertz CT molecular complexity index is 1680. The Morgan fingerprint density at radius 3 is 2.36 bits per heavy atom. The summed E-state index contributed by atoms with van der Waals surface area (Å²) in [6, 6.07) is 6.00. The molecule has 0 saturated carbocycles. The van der Waals surface area contributed by atoms with E-state index in [1.807, 2.05) is 0 Å². The van der Waals surface area contributed by atoms with Gasteiger partial charge in [0.2, 0.25) is 11.9 Å². The number of aliphatic imine (C=N–C) groups is 1. The van der Waals surface area contributed by atoms with Crippen LogP contribution in [0.4, 0.5) is 10.5 Å². The topological polar surface area (TPSA) is 209 Å². The van der Waals surface area contributed by atoms with E-state index in [-0.39, 0.29) is 40.2 Å². The zero-order valence-corrected chi connectivity index (χ0v) is 27.4. The molecule has 0 radical (unpaired) electrons. The van der Waals surface area contributed by atoms with Crippen molar-refractivity contribution in [1.82, 2.24) is 14.1 Å². The Morgan fingerprint density at radius 1 is 1.02 bits per heavy atom. The first-order valence-electron chi connectivity index (χ1n) is 13.3. The summed E-state index contributed by atoms with van der Waals surface area (Å²) in [4.78, 5) is 54.2. The highest BCUT2D eigenvalue weighted by Crippen LogP contribution is 2.30. The standard InChI is InChI=1S/C27H34N6O8S3/c1-26(2,3)40-23(36)15(10-11-20(35)29-24(28)30-25(37)41-27(4,5)6)14-18(34)22-17(12-13-42-22)33-44(38,39)19-9-7-8-16-21(19)32-43-31-16/h7-9,12-13,15,33H,10-11,14H2,1-6H3,(H3,28,29,30,35,37)/t15-/m1/s1. The van der Waals surface area contributed by atoms with Crippen LogP contribution in [0.2, 0.25) is 0 Å². The fraction of sp³-hybridized carbons (Fsp3) is 0.444. The number of sulfonamides is 1. The Hall–Kier alpha value is -3.96. The normalized spacial score (nSPS) is 13.3. The summed E-state index contributed by atoms with van der Waals surface area (Å²) in [5.74, 6) is -3.46. The lowest BCUT2D eigenvalue weighted by Crippen LogP contribution is -2.38. The van der Waals surface area contributed by atoms with Gasteiger partial charge < -0.3 is 15.2 Å². The van der Waals surface area contributed by atoms with Gasteiger partial charge in [0.05, 0.1) is 28.2 Å². The van der Waals surface area contributed by atoms with Crippen molar-refractivity contribution in [3.8, 4) is 0 Å². The number of hydrogen-bond acceptors (Lipinski definition) is 12. The number of ether oxygens (including phenoxy) is 2. The van der Waals surface area contributed by atoms with E-state index in [9.17, 15) is 27.6 Å². The molecule has 0 unspecified atom stereocenters. The van der Waals surface area contributed by atoms with E-state index in [1.54, 1.807) is 53.0 Å². The van der Waals surface area contributed by atoms with E-state index in [0.717, 1.165) is 23.1 Å². The van der Waals surface area contributed by atoms with Gasteiger partial charge in [-0.25, -0.2) is 13.2 Å². The van der Waals surface area contributed by atoms with Crippen LogP contribution in [-0.2, 0) is 29.1 Å². The quantitative estimate of drug-likeness (QED) is 0.121. The number of anilines is 1. The number of ketones is 1. The molecule has 0 fully saturated rings. The first-order chi connectivity index (χ1) is 20.3. The van der Waals surface area contributed by atoms with Gasteiger partial charge in [0, 0.05) is 12.8 Å². The minimum atomic E-state index is -4.15. The van der Waals surface area contributed by atoms with E-state index < -0.39 is 56.9 Å². The summed E-state index contributed by atoms with van der Waals surface area (Å²) in [6.07, 6.45) is -1.74. The number of nitrogens with zero attached hydrogens (tertiary/aromatic N) is 3. The number of rotatable bonds is 10. The van der Waals surface area contributed by atoms with Crippen LogP contribution in [0.25, 0.3) is 11.0 Å². The number of fused-ring (bicyclic) bond motifs is 1. The third-order valence-electron chi connectivity index (χ3n) is 5.47. The molecule has 0 aliphatic carbocycles. The lowest BCUT2D eigenvalue weighted by Gasteiger charge is -2.23. The average molecular weight is 667 g/mol. The molecule has 2 aromatic heterocycles. The molecule has 238 valence electrons. The smallest absolute Gasteiger partial charge is 0.437 e. The number of nitrogens with one attached hydrogen (secondary N) is 2. The number of thiophene rings is 1. The molecule has 44 heavy (non-hydrogen) atoms. The van der Waals surface area contributed by atoms with Crippen molar-refractivity contribution in [3.63, 3.8) is 0 Å². The van der Waals surface area contributed by atoms with Gasteiger partial charge in [0.25, 0.3) is 10.0 Å². The molecule has 4 N–H and O–H groups in total. The molecule has 2 amide bonds. The maximum atomic E-state index is 13.4. The predicted octanol–water partition coefficient (Wildman–Crippen LogP) is 4.23. The third-order valence-corrected chi connectivity index (χ3v) is 8.36. The molecular weight excluding hydrogens is 633 g/mol. The summed E-state index contributed by atoms with van der Waals surface area (Å²) < 4.78 is 47.5. The Kier molecular flexibility index (Phi) is 10.8. The molecule has 14 nitrogen and oxygen atoms in total. The summed E-state index contributed by atoms with van der Waals surface area (Å²) in [5, 5.41) is 3.79. The minimum absolute atomic E-state index is 0.0343. The van der Waals surface area contributed by atoms with E-state index in [1.165, 1.54) is 18.2 Å². The third kappa shape index (κ3) is 10.1. The summed E-state index contributed by atoms with van der Waals surface area (Å²) in [5.41, 5.74) is 4.60. The summed E-state index contributed by atoms with van der Waals surface area (Å²) in [7, 11) is -4.15. The van der Waals surface area contributed by atoms with Crippen molar-refractivity contribution in [2.45, 2.75) is 76.9 Å². The minimum Gasteiger partial charge on any atom is -0.460 e. The molecule has 0 bridgehead atoms. The maximum absolute atomic E-state index is 13.4. The highest BCUT2D eigenvalue weighted by molar-refractivity contribution is 7.93. The van der Waals surface area contributed by atoms with Gasteiger partial charge in [-0.05, 0) is 71.5 Å². The van der Waals surface area contributed by atoms with Crippen LogP contribution in [0.1, 0.15) is 70.5 Å². The number of esters is 1. The zero-order valence-electron chi connectivity index (χ0n) is 25.0. The molecule has 3 aromatic rings. The zero-order chi connectivity index (χ0) is 32.9. The van der Waals surface area contributed by atoms with E-state index in [0.29, 0.717) is 5.52 Å². The van der Waals surface area contributed by atoms with Crippen LogP contribution >= 0.6 is 23.1 Å². The van der Waals surface area contributed by atoms with Gasteiger partial charge >= 0.3 is 12.1 Å².